The average Bonchev–Trinajstić information content (AvgIpc) is 3.25. The summed E-state index contributed by atoms with van der Waals surface area (Å²) in [5.74, 6) is -1.04. The van der Waals surface area contributed by atoms with Crippen molar-refractivity contribution in [3.05, 3.63) is 12.2 Å². The number of aliphatic hydroxyl groups excluding tert-OH is 1. The van der Waals surface area contributed by atoms with E-state index in [1.54, 1.807) is 20.8 Å². The summed E-state index contributed by atoms with van der Waals surface area (Å²) in [6.07, 6.45) is 6.88. The fraction of sp³-hybridized carbons (Fsp3) is 0.750. The molecule has 3 aliphatic rings. The molecule has 0 bridgehead atoms. The van der Waals surface area contributed by atoms with Gasteiger partial charge in [0.05, 0.1) is 6.10 Å². The van der Waals surface area contributed by atoms with Gasteiger partial charge in [0.15, 0.2) is 5.78 Å². The molecule has 0 radical (unpaired) electrons. The van der Waals surface area contributed by atoms with Gasteiger partial charge in [-0.15, -0.1) is 0 Å². The summed E-state index contributed by atoms with van der Waals surface area (Å²) in [5, 5.41) is 15.8. The van der Waals surface area contributed by atoms with Crippen LogP contribution < -0.4 is 10.6 Å². The Balaban J connectivity index is 1.83. The van der Waals surface area contributed by atoms with Gasteiger partial charge in [-0.05, 0) is 53.4 Å². The van der Waals surface area contributed by atoms with Gasteiger partial charge in [-0.25, -0.2) is 4.79 Å². The van der Waals surface area contributed by atoms with E-state index < -0.39 is 47.2 Å². The van der Waals surface area contributed by atoms with Gasteiger partial charge in [-0.2, -0.15) is 0 Å². The molecule has 0 aromatic carbocycles. The maximum Gasteiger partial charge on any atom is 0.408 e. The Morgan fingerprint density at radius 3 is 2.64 bits per heavy atom. The quantitative estimate of drug-likeness (QED) is 0.537. The third-order valence-electron chi connectivity index (χ3n) is 6.58. The Bertz CT molecular complexity index is 820. The zero-order valence-corrected chi connectivity index (χ0v) is 20.1. The van der Waals surface area contributed by atoms with Crippen LogP contribution in [0.15, 0.2) is 12.2 Å². The van der Waals surface area contributed by atoms with E-state index in [-0.39, 0.29) is 24.7 Å². The predicted octanol–water partition coefficient (Wildman–Crippen LogP) is 1.83. The Labute approximate surface area is 195 Å². The molecular weight excluding hydrogens is 426 g/mol. The van der Waals surface area contributed by atoms with E-state index in [0.29, 0.717) is 19.3 Å². The summed E-state index contributed by atoms with van der Waals surface area (Å²) in [4.78, 5) is 52.7. The van der Waals surface area contributed by atoms with Crippen LogP contribution in [-0.2, 0) is 19.1 Å². The second-order valence-electron chi connectivity index (χ2n) is 10.5. The number of aliphatic hydroxyl groups is 1. The number of nitrogens with zero attached hydrogens (tertiary/aromatic N) is 1. The fourth-order valence-electron chi connectivity index (χ4n) is 4.72. The van der Waals surface area contributed by atoms with E-state index in [1.807, 2.05) is 12.2 Å². The van der Waals surface area contributed by atoms with E-state index in [4.69, 9.17) is 4.74 Å². The molecule has 9 nitrogen and oxygen atoms in total. The van der Waals surface area contributed by atoms with E-state index in [1.165, 1.54) is 11.8 Å². The van der Waals surface area contributed by atoms with Gasteiger partial charge in [-0.1, -0.05) is 25.0 Å². The van der Waals surface area contributed by atoms with E-state index in [9.17, 15) is 24.3 Å². The number of hydrogen-bond acceptors (Lipinski definition) is 6. The fourth-order valence-corrected chi connectivity index (χ4v) is 4.72. The molecule has 9 heteroatoms. The second-order valence-corrected chi connectivity index (χ2v) is 10.5. The minimum atomic E-state index is -0.940. The molecule has 33 heavy (non-hydrogen) atoms. The van der Waals surface area contributed by atoms with E-state index in [0.717, 1.165) is 19.3 Å². The highest BCUT2D eigenvalue weighted by Crippen LogP contribution is 2.45. The first kappa shape index (κ1) is 25.2. The highest BCUT2D eigenvalue weighted by molar-refractivity contribution is 5.98. The highest BCUT2D eigenvalue weighted by Gasteiger charge is 2.58. The van der Waals surface area contributed by atoms with Crippen LogP contribution in [0, 0.1) is 5.92 Å². The standard InChI is InChI=1S/C24H37N3O6/c1-15(28)24-13-16(24)10-8-6-5-7-9-11-18(25-22(32)33-23(2,3)4)21(31)27-14-17(29)12-19(27)20(30)26-24/h8,10,16-19,29H,5-7,9,11-14H2,1-4H3,(H,25,32)(H,26,30)/b10-8-/t16?,17-,18-,19-,24-/m0/s1. The average molecular weight is 464 g/mol. The third kappa shape index (κ3) is 6.13. The predicted molar refractivity (Wildman–Crippen MR) is 121 cm³/mol. The molecule has 1 saturated heterocycles. The van der Waals surface area contributed by atoms with Crippen LogP contribution in [0.5, 0.6) is 0 Å². The summed E-state index contributed by atoms with van der Waals surface area (Å²) in [6.45, 7) is 6.69. The third-order valence-corrected chi connectivity index (χ3v) is 6.58. The number of allylic oxidation sites excluding steroid dienone is 1. The number of rotatable bonds is 2. The maximum atomic E-state index is 13.4. The number of hydrogen-bond donors (Lipinski definition) is 3. The Hall–Kier alpha value is -2.42. The Kier molecular flexibility index (Phi) is 7.51. The van der Waals surface area contributed by atoms with Crippen LogP contribution in [0.1, 0.15) is 72.6 Å². The van der Waals surface area contributed by atoms with Gasteiger partial charge < -0.3 is 25.4 Å². The number of fused-ring (bicyclic) bond motifs is 2. The minimum absolute atomic E-state index is 0.000177. The zero-order chi connectivity index (χ0) is 24.4. The van der Waals surface area contributed by atoms with Crippen molar-refractivity contribution < 1.29 is 29.0 Å². The van der Waals surface area contributed by atoms with Gasteiger partial charge in [0.1, 0.15) is 23.2 Å². The zero-order valence-electron chi connectivity index (χ0n) is 20.1. The van der Waals surface area contributed by atoms with Crippen molar-refractivity contribution in [2.75, 3.05) is 6.54 Å². The number of Topliss-reactive ketones (excluding diaryl/α,β-unsaturated/α-hetero) is 1. The number of carbonyl (C=O) groups is 4. The normalized spacial score (nSPS) is 34.2. The molecule has 2 heterocycles. The number of carbonyl (C=O) groups excluding carboxylic acids is 4. The second kappa shape index (κ2) is 9.83. The molecule has 0 spiro atoms. The first-order chi connectivity index (χ1) is 15.4. The first-order valence-corrected chi connectivity index (χ1v) is 11.9. The van der Waals surface area contributed by atoms with E-state index >= 15 is 0 Å². The minimum Gasteiger partial charge on any atom is -0.444 e. The summed E-state index contributed by atoms with van der Waals surface area (Å²) < 4.78 is 5.33. The summed E-state index contributed by atoms with van der Waals surface area (Å²) in [6, 6.07) is -1.77. The van der Waals surface area contributed by atoms with Crippen LogP contribution in [0.3, 0.4) is 0 Å². The molecule has 0 aromatic rings. The Morgan fingerprint density at radius 1 is 1.24 bits per heavy atom. The smallest absolute Gasteiger partial charge is 0.408 e. The summed E-state index contributed by atoms with van der Waals surface area (Å²) in [7, 11) is 0. The van der Waals surface area contributed by atoms with Crippen molar-refractivity contribution in [2.45, 2.75) is 102 Å². The van der Waals surface area contributed by atoms with Gasteiger partial charge in [0, 0.05) is 18.9 Å². The molecule has 184 valence electrons. The molecule has 0 aromatic heterocycles. The number of alkyl carbamates (subject to hydrolysis) is 1. The molecule has 3 amide bonds. The Morgan fingerprint density at radius 2 is 1.97 bits per heavy atom. The van der Waals surface area contributed by atoms with Crippen molar-refractivity contribution >= 4 is 23.7 Å². The molecule has 3 rings (SSSR count). The van der Waals surface area contributed by atoms with Gasteiger partial charge >= 0.3 is 6.09 Å². The monoisotopic (exact) mass is 463 g/mol. The van der Waals surface area contributed by atoms with Crippen LogP contribution in [0.2, 0.25) is 0 Å². The highest BCUT2D eigenvalue weighted by atomic mass is 16.6. The van der Waals surface area contributed by atoms with Crippen molar-refractivity contribution in [2.24, 2.45) is 5.92 Å². The lowest BCUT2D eigenvalue weighted by Crippen LogP contribution is -2.56. The topological polar surface area (TPSA) is 125 Å². The lowest BCUT2D eigenvalue weighted by atomic mass is 10.0. The van der Waals surface area contributed by atoms with Crippen molar-refractivity contribution in [1.29, 1.82) is 0 Å². The van der Waals surface area contributed by atoms with Crippen molar-refractivity contribution in [1.82, 2.24) is 15.5 Å². The van der Waals surface area contributed by atoms with Gasteiger partial charge in [0.25, 0.3) is 0 Å². The van der Waals surface area contributed by atoms with Crippen LogP contribution >= 0.6 is 0 Å². The van der Waals surface area contributed by atoms with Crippen molar-refractivity contribution in [3.63, 3.8) is 0 Å². The van der Waals surface area contributed by atoms with Gasteiger partial charge in [0.2, 0.25) is 11.8 Å². The van der Waals surface area contributed by atoms with Crippen LogP contribution in [-0.4, -0.2) is 69.6 Å². The summed E-state index contributed by atoms with van der Waals surface area (Å²) >= 11 is 0. The lowest BCUT2D eigenvalue weighted by molar-refractivity contribution is -0.141. The maximum absolute atomic E-state index is 13.4. The number of amides is 3. The number of ketones is 1. The SMILES string of the molecule is CC(=O)[C@@]12CC1/C=C\CCCCC[C@H](NC(=O)OC(C)(C)C)C(=O)N1C[C@@H](O)C[C@H]1C(=O)N2. The summed E-state index contributed by atoms with van der Waals surface area (Å²) in [5.41, 5.74) is -1.66. The van der Waals surface area contributed by atoms with Gasteiger partial charge in [-0.3, -0.25) is 14.4 Å². The van der Waals surface area contributed by atoms with Crippen molar-refractivity contribution in [3.8, 4) is 0 Å². The van der Waals surface area contributed by atoms with E-state index in [2.05, 4.69) is 10.6 Å². The molecule has 1 unspecified atom stereocenters. The molecule has 2 fully saturated rings. The molecule has 2 aliphatic heterocycles. The molecule has 5 atom stereocenters. The lowest BCUT2D eigenvalue weighted by Gasteiger charge is -2.30. The molecule has 1 aliphatic carbocycles. The van der Waals surface area contributed by atoms with Crippen LogP contribution in [0.25, 0.3) is 0 Å². The number of nitrogens with one attached hydrogen (secondary N) is 2. The molecule has 1 saturated carbocycles. The number of ether oxygens (including phenoxy) is 1. The van der Waals surface area contributed by atoms with Crippen LogP contribution in [0.4, 0.5) is 4.79 Å². The molecular formula is C24H37N3O6. The molecule has 3 N–H and O–H groups in total. The first-order valence-electron chi connectivity index (χ1n) is 11.9. The largest absolute Gasteiger partial charge is 0.444 e.